The quantitative estimate of drug-likeness (QED) is 0.797. The van der Waals surface area contributed by atoms with E-state index in [1.165, 1.54) is 18.4 Å². The molecule has 1 aliphatic heterocycles. The van der Waals surface area contributed by atoms with Gasteiger partial charge in [0.05, 0.1) is 13.5 Å². The Bertz CT molecular complexity index is 672. The first-order chi connectivity index (χ1) is 13.0. The van der Waals surface area contributed by atoms with Gasteiger partial charge in [0.1, 0.15) is 5.75 Å². The number of hydrogen-bond donors (Lipinski definition) is 0. The molecule has 3 rings (SSSR count). The van der Waals surface area contributed by atoms with Gasteiger partial charge in [-0.3, -0.25) is 9.59 Å². The summed E-state index contributed by atoms with van der Waals surface area (Å²) in [5.74, 6) is 1.81. The van der Waals surface area contributed by atoms with Gasteiger partial charge >= 0.3 is 0 Å². The molecule has 1 heterocycles. The van der Waals surface area contributed by atoms with Crippen molar-refractivity contribution in [2.24, 2.45) is 5.92 Å². The highest BCUT2D eigenvalue weighted by atomic mass is 16.5. The first kappa shape index (κ1) is 19.7. The number of amides is 2. The van der Waals surface area contributed by atoms with Gasteiger partial charge in [-0.1, -0.05) is 38.8 Å². The molecule has 148 valence electrons. The van der Waals surface area contributed by atoms with E-state index in [-0.39, 0.29) is 11.8 Å². The van der Waals surface area contributed by atoms with Crippen molar-refractivity contribution in [2.75, 3.05) is 33.3 Å². The number of ether oxygens (including phenoxy) is 1. The van der Waals surface area contributed by atoms with Gasteiger partial charge in [0.15, 0.2) is 0 Å². The van der Waals surface area contributed by atoms with E-state index in [9.17, 15) is 9.59 Å². The second-order valence-corrected chi connectivity index (χ2v) is 8.09. The minimum Gasteiger partial charge on any atom is -0.496 e. The molecule has 1 aromatic rings. The van der Waals surface area contributed by atoms with E-state index in [0.717, 1.165) is 24.2 Å². The fraction of sp³-hybridized carbons (Fsp3) is 0.636. The van der Waals surface area contributed by atoms with Crippen molar-refractivity contribution in [3.05, 3.63) is 29.3 Å². The molecule has 2 fully saturated rings. The zero-order chi connectivity index (χ0) is 19.4. The summed E-state index contributed by atoms with van der Waals surface area (Å²) in [6.07, 6.45) is 4.76. The van der Waals surface area contributed by atoms with Crippen LogP contribution in [0.1, 0.15) is 56.6 Å². The van der Waals surface area contributed by atoms with Gasteiger partial charge in [0.25, 0.3) is 0 Å². The van der Waals surface area contributed by atoms with Gasteiger partial charge in [-0.2, -0.15) is 0 Å². The van der Waals surface area contributed by atoms with Crippen LogP contribution in [0.3, 0.4) is 0 Å². The third kappa shape index (κ3) is 4.63. The van der Waals surface area contributed by atoms with Gasteiger partial charge in [-0.05, 0) is 30.4 Å². The van der Waals surface area contributed by atoms with Crippen LogP contribution in [0, 0.1) is 5.92 Å². The van der Waals surface area contributed by atoms with E-state index in [4.69, 9.17) is 4.74 Å². The summed E-state index contributed by atoms with van der Waals surface area (Å²) in [7, 11) is 1.64. The molecule has 0 atom stereocenters. The largest absolute Gasteiger partial charge is 0.496 e. The third-order valence-corrected chi connectivity index (χ3v) is 5.96. The Balaban J connectivity index is 1.58. The molecule has 5 heteroatoms. The second-order valence-electron chi connectivity index (χ2n) is 8.09. The molecule has 0 bridgehead atoms. The molecule has 27 heavy (non-hydrogen) atoms. The van der Waals surface area contributed by atoms with E-state index in [0.29, 0.717) is 44.4 Å². The first-order valence-corrected chi connectivity index (χ1v) is 10.2. The molecule has 1 saturated carbocycles. The SMILES string of the molecule is COc1ccc(C(C)C)cc1CC(=O)N1CCN(C(=O)C2CCCC2)CC1. The Kier molecular flexibility index (Phi) is 6.40. The number of carbonyl (C=O) groups is 2. The lowest BCUT2D eigenvalue weighted by atomic mass is 9.98. The van der Waals surface area contributed by atoms with Crippen LogP contribution in [-0.2, 0) is 16.0 Å². The third-order valence-electron chi connectivity index (χ3n) is 5.96. The summed E-state index contributed by atoms with van der Waals surface area (Å²) >= 11 is 0. The normalized spacial score (nSPS) is 18.2. The highest BCUT2D eigenvalue weighted by Gasteiger charge is 2.30. The Morgan fingerprint density at radius 2 is 1.70 bits per heavy atom. The predicted octanol–water partition coefficient (Wildman–Crippen LogP) is 3.22. The zero-order valence-corrected chi connectivity index (χ0v) is 16.9. The second kappa shape index (κ2) is 8.77. The Hall–Kier alpha value is -2.04. The summed E-state index contributed by atoms with van der Waals surface area (Å²) in [5.41, 5.74) is 2.16. The summed E-state index contributed by atoms with van der Waals surface area (Å²) in [6.45, 7) is 6.86. The van der Waals surface area contributed by atoms with E-state index >= 15 is 0 Å². The average Bonchev–Trinajstić information content (AvgIpc) is 3.22. The lowest BCUT2D eigenvalue weighted by Crippen LogP contribution is -2.52. The lowest BCUT2D eigenvalue weighted by molar-refractivity contribution is -0.141. The van der Waals surface area contributed by atoms with Crippen molar-refractivity contribution in [2.45, 2.75) is 51.9 Å². The van der Waals surface area contributed by atoms with Crippen molar-refractivity contribution < 1.29 is 14.3 Å². The number of nitrogens with zero attached hydrogens (tertiary/aromatic N) is 2. The van der Waals surface area contributed by atoms with E-state index in [1.54, 1.807) is 7.11 Å². The molecule has 5 nitrogen and oxygen atoms in total. The van der Waals surface area contributed by atoms with E-state index in [2.05, 4.69) is 26.0 Å². The molecule has 1 saturated heterocycles. The van der Waals surface area contributed by atoms with Gasteiger partial charge in [-0.15, -0.1) is 0 Å². The molecule has 0 spiro atoms. The number of carbonyl (C=O) groups excluding carboxylic acids is 2. The standard InChI is InChI=1S/C22H32N2O3/c1-16(2)18-8-9-20(27-3)19(14-18)15-21(25)23-10-12-24(13-11-23)22(26)17-6-4-5-7-17/h8-9,14,16-17H,4-7,10-13,15H2,1-3H3. The molecular weight excluding hydrogens is 340 g/mol. The van der Waals surface area contributed by atoms with Crippen molar-refractivity contribution in [3.8, 4) is 5.75 Å². The van der Waals surface area contributed by atoms with Crippen molar-refractivity contribution in [1.29, 1.82) is 0 Å². The predicted molar refractivity (Wildman–Crippen MR) is 106 cm³/mol. The van der Waals surface area contributed by atoms with Crippen LogP contribution in [0.25, 0.3) is 0 Å². The van der Waals surface area contributed by atoms with Crippen LogP contribution in [0.4, 0.5) is 0 Å². The van der Waals surface area contributed by atoms with Gasteiger partial charge < -0.3 is 14.5 Å². The van der Waals surface area contributed by atoms with Gasteiger partial charge in [-0.25, -0.2) is 0 Å². The Labute approximate surface area is 162 Å². The summed E-state index contributed by atoms with van der Waals surface area (Å²) in [4.78, 5) is 29.2. The Morgan fingerprint density at radius 3 is 2.30 bits per heavy atom. The smallest absolute Gasteiger partial charge is 0.227 e. The average molecular weight is 373 g/mol. The molecule has 0 N–H and O–H groups in total. The van der Waals surface area contributed by atoms with Crippen molar-refractivity contribution >= 4 is 11.8 Å². The molecule has 1 aliphatic carbocycles. The monoisotopic (exact) mass is 372 g/mol. The molecule has 2 aliphatic rings. The maximum Gasteiger partial charge on any atom is 0.227 e. The number of rotatable bonds is 5. The number of methoxy groups -OCH3 is 1. The summed E-state index contributed by atoms with van der Waals surface area (Å²) in [6, 6.07) is 6.10. The molecule has 1 aromatic carbocycles. The highest BCUT2D eigenvalue weighted by Crippen LogP contribution is 2.27. The van der Waals surface area contributed by atoms with Crippen LogP contribution < -0.4 is 4.74 Å². The zero-order valence-electron chi connectivity index (χ0n) is 16.9. The first-order valence-electron chi connectivity index (χ1n) is 10.2. The van der Waals surface area contributed by atoms with Crippen LogP contribution in [0.5, 0.6) is 5.75 Å². The summed E-state index contributed by atoms with van der Waals surface area (Å²) < 4.78 is 5.45. The molecule has 2 amide bonds. The molecule has 0 unspecified atom stereocenters. The Morgan fingerprint density at radius 1 is 1.07 bits per heavy atom. The summed E-state index contributed by atoms with van der Waals surface area (Å²) in [5, 5.41) is 0. The van der Waals surface area contributed by atoms with Crippen LogP contribution in [0.2, 0.25) is 0 Å². The number of hydrogen-bond acceptors (Lipinski definition) is 3. The molecule has 0 aromatic heterocycles. The fourth-order valence-corrected chi connectivity index (χ4v) is 4.18. The molecular formula is C22H32N2O3. The minimum absolute atomic E-state index is 0.113. The van der Waals surface area contributed by atoms with Crippen LogP contribution >= 0.6 is 0 Å². The van der Waals surface area contributed by atoms with Crippen molar-refractivity contribution in [3.63, 3.8) is 0 Å². The maximum absolute atomic E-state index is 12.8. The lowest BCUT2D eigenvalue weighted by Gasteiger charge is -2.36. The van der Waals surface area contributed by atoms with Gasteiger partial charge in [0.2, 0.25) is 11.8 Å². The number of piperazine rings is 1. The van der Waals surface area contributed by atoms with E-state index < -0.39 is 0 Å². The highest BCUT2D eigenvalue weighted by molar-refractivity contribution is 5.81. The topological polar surface area (TPSA) is 49.9 Å². The molecule has 0 radical (unpaired) electrons. The minimum atomic E-state index is 0.113. The van der Waals surface area contributed by atoms with Crippen LogP contribution in [0.15, 0.2) is 18.2 Å². The number of benzene rings is 1. The van der Waals surface area contributed by atoms with Crippen molar-refractivity contribution in [1.82, 2.24) is 9.80 Å². The fourth-order valence-electron chi connectivity index (χ4n) is 4.18. The van der Waals surface area contributed by atoms with E-state index in [1.807, 2.05) is 15.9 Å². The van der Waals surface area contributed by atoms with Crippen LogP contribution in [-0.4, -0.2) is 54.9 Å². The van der Waals surface area contributed by atoms with Gasteiger partial charge in [0, 0.05) is 37.7 Å². The maximum atomic E-state index is 12.8.